The van der Waals surface area contributed by atoms with Gasteiger partial charge in [0.15, 0.2) is 5.76 Å². The van der Waals surface area contributed by atoms with Gasteiger partial charge in [-0.3, -0.25) is 4.79 Å². The van der Waals surface area contributed by atoms with Gasteiger partial charge in [-0.25, -0.2) is 4.79 Å². The van der Waals surface area contributed by atoms with E-state index in [2.05, 4.69) is 5.32 Å². The van der Waals surface area contributed by atoms with Crippen molar-refractivity contribution in [3.63, 3.8) is 0 Å². The Morgan fingerprint density at radius 3 is 2.74 bits per heavy atom. The number of nitrogens with one attached hydrogen (secondary N) is 1. The Kier molecular flexibility index (Phi) is 4.25. The van der Waals surface area contributed by atoms with Gasteiger partial charge in [0.25, 0.3) is 5.91 Å². The number of carbonyl (C=O) groups excluding carboxylic acids is 1. The van der Waals surface area contributed by atoms with Crippen LogP contribution >= 0.6 is 11.6 Å². The molecular weight excluding hydrogens is 322 g/mol. The third-order valence-corrected chi connectivity index (χ3v) is 3.83. The molecule has 0 unspecified atom stereocenters. The SMILES string of the molecule is O=C(O)c1ccc(C(=O)N[C@H]2CCCOc3cc(Cl)ccc32)o1. The number of amides is 1. The molecule has 23 heavy (non-hydrogen) atoms. The zero-order chi connectivity index (χ0) is 16.4. The van der Waals surface area contributed by atoms with E-state index in [1.54, 1.807) is 12.1 Å². The van der Waals surface area contributed by atoms with Crippen molar-refractivity contribution in [1.82, 2.24) is 5.32 Å². The third kappa shape index (κ3) is 3.32. The molecule has 1 aromatic carbocycles. The number of fused-ring (bicyclic) bond motifs is 1. The van der Waals surface area contributed by atoms with Crippen molar-refractivity contribution in [3.05, 3.63) is 52.4 Å². The first-order valence-electron chi connectivity index (χ1n) is 7.11. The molecule has 1 aromatic heterocycles. The molecule has 0 saturated carbocycles. The first-order chi connectivity index (χ1) is 11.0. The number of carbonyl (C=O) groups is 2. The first-order valence-corrected chi connectivity index (χ1v) is 7.48. The minimum atomic E-state index is -1.22. The van der Waals surface area contributed by atoms with Crippen LogP contribution in [0.15, 0.2) is 34.7 Å². The number of carboxylic acids is 1. The Bertz CT molecular complexity index is 755. The number of furan rings is 1. The fraction of sp³-hybridized carbons (Fsp3) is 0.250. The van der Waals surface area contributed by atoms with Gasteiger partial charge in [-0.2, -0.15) is 0 Å². The van der Waals surface area contributed by atoms with E-state index in [1.807, 2.05) is 6.07 Å². The summed E-state index contributed by atoms with van der Waals surface area (Å²) in [7, 11) is 0. The van der Waals surface area contributed by atoms with Gasteiger partial charge >= 0.3 is 5.97 Å². The minimum absolute atomic E-state index is 0.0388. The van der Waals surface area contributed by atoms with E-state index in [0.29, 0.717) is 23.8 Å². The van der Waals surface area contributed by atoms with Gasteiger partial charge in [-0.15, -0.1) is 0 Å². The number of benzene rings is 1. The molecule has 1 aliphatic rings. The zero-order valence-electron chi connectivity index (χ0n) is 12.0. The maximum Gasteiger partial charge on any atom is 0.371 e. The molecule has 1 amide bonds. The largest absolute Gasteiger partial charge is 0.493 e. The second-order valence-electron chi connectivity index (χ2n) is 5.17. The standard InChI is InChI=1S/C16H14ClNO5/c17-9-3-4-10-11(2-1-7-22-14(10)8-9)18-15(19)12-5-6-13(23-12)16(20)21/h3-6,8,11H,1-2,7H2,(H,18,19)(H,20,21)/t11-/m0/s1. The molecule has 2 heterocycles. The molecule has 0 radical (unpaired) electrons. The van der Waals surface area contributed by atoms with Crippen molar-refractivity contribution < 1.29 is 23.8 Å². The van der Waals surface area contributed by atoms with Gasteiger partial charge in [0.1, 0.15) is 5.75 Å². The van der Waals surface area contributed by atoms with Crippen LogP contribution in [0.25, 0.3) is 0 Å². The van der Waals surface area contributed by atoms with E-state index in [-0.39, 0.29) is 17.6 Å². The number of ether oxygens (including phenoxy) is 1. The van der Waals surface area contributed by atoms with Crippen LogP contribution in [0.2, 0.25) is 5.02 Å². The molecule has 0 spiro atoms. The molecule has 2 N–H and O–H groups in total. The average molecular weight is 336 g/mol. The fourth-order valence-corrected chi connectivity index (χ4v) is 2.66. The van der Waals surface area contributed by atoms with Crippen LogP contribution < -0.4 is 10.1 Å². The van der Waals surface area contributed by atoms with E-state index in [4.69, 9.17) is 25.9 Å². The smallest absolute Gasteiger partial charge is 0.371 e. The molecule has 0 saturated heterocycles. The number of halogens is 1. The molecule has 120 valence electrons. The van der Waals surface area contributed by atoms with E-state index in [9.17, 15) is 9.59 Å². The summed E-state index contributed by atoms with van der Waals surface area (Å²) in [6.07, 6.45) is 1.47. The lowest BCUT2D eigenvalue weighted by atomic mass is 10.0. The lowest BCUT2D eigenvalue weighted by Crippen LogP contribution is -2.28. The summed E-state index contributed by atoms with van der Waals surface area (Å²) >= 11 is 5.97. The zero-order valence-corrected chi connectivity index (χ0v) is 12.8. The predicted octanol–water partition coefficient (Wildman–Crippen LogP) is 3.27. The lowest BCUT2D eigenvalue weighted by Gasteiger charge is -2.17. The van der Waals surface area contributed by atoms with Crippen LogP contribution in [-0.4, -0.2) is 23.6 Å². The molecular formula is C16H14ClNO5. The predicted molar refractivity (Wildman–Crippen MR) is 82.1 cm³/mol. The molecule has 1 aliphatic heterocycles. The van der Waals surface area contributed by atoms with Crippen molar-refractivity contribution in [2.24, 2.45) is 0 Å². The molecule has 0 fully saturated rings. The Morgan fingerprint density at radius 1 is 1.22 bits per heavy atom. The molecule has 0 aliphatic carbocycles. The van der Waals surface area contributed by atoms with Gasteiger partial charge in [0.2, 0.25) is 5.76 Å². The number of aromatic carboxylic acids is 1. The summed E-state index contributed by atoms with van der Waals surface area (Å²) in [5, 5.41) is 12.3. The number of rotatable bonds is 3. The van der Waals surface area contributed by atoms with Crippen LogP contribution in [0.1, 0.15) is 45.6 Å². The minimum Gasteiger partial charge on any atom is -0.493 e. The Balaban J connectivity index is 1.81. The van der Waals surface area contributed by atoms with E-state index in [1.165, 1.54) is 12.1 Å². The van der Waals surface area contributed by atoms with Crippen molar-refractivity contribution in [3.8, 4) is 5.75 Å². The highest BCUT2D eigenvalue weighted by atomic mass is 35.5. The first kappa shape index (κ1) is 15.4. The van der Waals surface area contributed by atoms with Crippen LogP contribution in [0.5, 0.6) is 5.75 Å². The van der Waals surface area contributed by atoms with E-state index in [0.717, 1.165) is 12.0 Å². The summed E-state index contributed by atoms with van der Waals surface area (Å²) in [6, 6.07) is 7.62. The summed E-state index contributed by atoms with van der Waals surface area (Å²) < 4.78 is 10.7. The number of hydrogen-bond acceptors (Lipinski definition) is 4. The highest BCUT2D eigenvalue weighted by Gasteiger charge is 2.24. The van der Waals surface area contributed by atoms with Crippen LogP contribution in [0.4, 0.5) is 0 Å². The molecule has 6 nitrogen and oxygen atoms in total. The molecule has 7 heteroatoms. The highest BCUT2D eigenvalue weighted by Crippen LogP contribution is 2.33. The van der Waals surface area contributed by atoms with Gasteiger partial charge in [-0.1, -0.05) is 17.7 Å². The quantitative estimate of drug-likeness (QED) is 0.898. The molecule has 3 rings (SSSR count). The summed E-state index contributed by atoms with van der Waals surface area (Å²) in [4.78, 5) is 23.1. The fourth-order valence-electron chi connectivity index (χ4n) is 2.50. The summed E-state index contributed by atoms with van der Waals surface area (Å²) in [5.74, 6) is -1.35. The Hall–Kier alpha value is -2.47. The van der Waals surface area contributed by atoms with E-state index >= 15 is 0 Å². The maximum absolute atomic E-state index is 12.3. The molecule has 2 aromatic rings. The number of carboxylic acid groups (broad SMARTS) is 1. The number of hydrogen-bond donors (Lipinski definition) is 2. The highest BCUT2D eigenvalue weighted by molar-refractivity contribution is 6.30. The molecule has 0 bridgehead atoms. The maximum atomic E-state index is 12.3. The average Bonchev–Trinajstić information content (AvgIpc) is 2.93. The van der Waals surface area contributed by atoms with Crippen molar-refractivity contribution >= 4 is 23.5 Å². The van der Waals surface area contributed by atoms with Crippen molar-refractivity contribution in [2.45, 2.75) is 18.9 Å². The normalized spacial score (nSPS) is 16.8. The second kappa shape index (κ2) is 6.34. The monoisotopic (exact) mass is 335 g/mol. The van der Waals surface area contributed by atoms with Crippen molar-refractivity contribution in [2.75, 3.05) is 6.61 Å². The molecule has 1 atom stereocenters. The van der Waals surface area contributed by atoms with Gasteiger partial charge in [0.05, 0.1) is 12.6 Å². The summed E-state index contributed by atoms with van der Waals surface area (Å²) in [6.45, 7) is 0.545. The van der Waals surface area contributed by atoms with Crippen LogP contribution in [0, 0.1) is 0 Å². The second-order valence-corrected chi connectivity index (χ2v) is 5.60. The topological polar surface area (TPSA) is 88.8 Å². The van der Waals surface area contributed by atoms with Gasteiger partial charge < -0.3 is 19.6 Å². The lowest BCUT2D eigenvalue weighted by molar-refractivity contribution is 0.0659. The Labute approximate surface area is 137 Å². The Morgan fingerprint density at radius 2 is 2.00 bits per heavy atom. The summed E-state index contributed by atoms with van der Waals surface area (Å²) in [5.41, 5.74) is 0.838. The van der Waals surface area contributed by atoms with Crippen molar-refractivity contribution in [1.29, 1.82) is 0 Å². The van der Waals surface area contributed by atoms with Gasteiger partial charge in [-0.05, 0) is 37.1 Å². The van der Waals surface area contributed by atoms with Gasteiger partial charge in [0, 0.05) is 10.6 Å². The van der Waals surface area contributed by atoms with Crippen LogP contribution in [-0.2, 0) is 0 Å². The van der Waals surface area contributed by atoms with E-state index < -0.39 is 11.9 Å². The third-order valence-electron chi connectivity index (χ3n) is 3.59. The van der Waals surface area contributed by atoms with Crippen LogP contribution in [0.3, 0.4) is 0 Å².